The Morgan fingerprint density at radius 1 is 0.594 bits per heavy atom. The van der Waals surface area contributed by atoms with E-state index < -0.39 is 0 Å². The van der Waals surface area contributed by atoms with Gasteiger partial charge in [-0.3, -0.25) is 0 Å². The minimum atomic E-state index is 0.809. The molecular formula is C32H46. The summed E-state index contributed by atoms with van der Waals surface area (Å²) < 4.78 is 0. The standard InChI is InChI=1S/C32H46/c1-7-11-15-25(9-3)19-27-21-31-23(5)29-17-13-14-18-30(29)24(6)32(31)22-28(27)20-26(10-4)16-12-8-2/h13-14,17-18,21-22,25-26H,7-12,15-16,19-20H2,1-6H3. The van der Waals surface area contributed by atoms with Gasteiger partial charge in [0.2, 0.25) is 0 Å². The van der Waals surface area contributed by atoms with Crippen molar-refractivity contribution in [3.8, 4) is 0 Å². The molecule has 0 aliphatic heterocycles. The van der Waals surface area contributed by atoms with E-state index in [2.05, 4.69) is 77.9 Å². The molecule has 0 heteroatoms. The molecule has 0 spiro atoms. The molecule has 174 valence electrons. The van der Waals surface area contributed by atoms with E-state index in [0.717, 1.165) is 11.8 Å². The van der Waals surface area contributed by atoms with Crippen molar-refractivity contribution in [2.75, 3.05) is 0 Å². The molecule has 0 saturated carbocycles. The van der Waals surface area contributed by atoms with E-state index in [1.54, 1.807) is 11.1 Å². The van der Waals surface area contributed by atoms with Crippen LogP contribution in [0.25, 0.3) is 21.5 Å². The van der Waals surface area contributed by atoms with Crippen molar-refractivity contribution in [2.24, 2.45) is 11.8 Å². The lowest BCUT2D eigenvalue weighted by Crippen LogP contribution is -2.10. The van der Waals surface area contributed by atoms with Gasteiger partial charge >= 0.3 is 0 Å². The van der Waals surface area contributed by atoms with E-state index in [1.165, 1.54) is 96.9 Å². The molecule has 0 bridgehead atoms. The minimum Gasteiger partial charge on any atom is -0.0654 e. The highest BCUT2D eigenvalue weighted by molar-refractivity contribution is 6.05. The zero-order chi connectivity index (χ0) is 23.1. The van der Waals surface area contributed by atoms with Gasteiger partial charge in [0.1, 0.15) is 0 Å². The molecule has 2 atom stereocenters. The van der Waals surface area contributed by atoms with Crippen molar-refractivity contribution in [3.63, 3.8) is 0 Å². The summed E-state index contributed by atoms with van der Waals surface area (Å²) in [5, 5.41) is 5.80. The lowest BCUT2D eigenvalue weighted by Gasteiger charge is -2.23. The highest BCUT2D eigenvalue weighted by atomic mass is 14.2. The van der Waals surface area contributed by atoms with Crippen molar-refractivity contribution in [2.45, 2.75) is 106 Å². The molecule has 0 saturated heterocycles. The fourth-order valence-electron chi connectivity index (χ4n) is 5.63. The number of aryl methyl sites for hydroxylation is 2. The van der Waals surface area contributed by atoms with Gasteiger partial charge in [-0.2, -0.15) is 0 Å². The summed E-state index contributed by atoms with van der Waals surface area (Å²) >= 11 is 0. The molecule has 3 rings (SSSR count). The molecule has 32 heavy (non-hydrogen) atoms. The molecule has 0 amide bonds. The Morgan fingerprint density at radius 3 is 1.34 bits per heavy atom. The van der Waals surface area contributed by atoms with Gasteiger partial charge in [-0.25, -0.2) is 0 Å². The van der Waals surface area contributed by atoms with Crippen molar-refractivity contribution in [1.82, 2.24) is 0 Å². The van der Waals surface area contributed by atoms with Crippen LogP contribution >= 0.6 is 0 Å². The predicted molar refractivity (Wildman–Crippen MR) is 145 cm³/mol. The highest BCUT2D eigenvalue weighted by Crippen LogP contribution is 2.36. The van der Waals surface area contributed by atoms with E-state index in [9.17, 15) is 0 Å². The summed E-state index contributed by atoms with van der Waals surface area (Å²) in [7, 11) is 0. The highest BCUT2D eigenvalue weighted by Gasteiger charge is 2.17. The lowest BCUT2D eigenvalue weighted by molar-refractivity contribution is 0.434. The Kier molecular flexibility index (Phi) is 9.21. The van der Waals surface area contributed by atoms with Crippen LogP contribution in [0.1, 0.15) is 101 Å². The topological polar surface area (TPSA) is 0 Å². The molecule has 0 aromatic heterocycles. The molecular weight excluding hydrogens is 384 g/mol. The maximum absolute atomic E-state index is 2.60. The monoisotopic (exact) mass is 430 g/mol. The van der Waals surface area contributed by atoms with Crippen LogP contribution in [0, 0.1) is 25.7 Å². The average Bonchev–Trinajstić information content (AvgIpc) is 2.83. The summed E-state index contributed by atoms with van der Waals surface area (Å²) in [6.07, 6.45) is 13.1. The van der Waals surface area contributed by atoms with Crippen LogP contribution in [0.3, 0.4) is 0 Å². The van der Waals surface area contributed by atoms with Crippen LogP contribution in [-0.2, 0) is 12.8 Å². The van der Waals surface area contributed by atoms with Gasteiger partial charge in [0.25, 0.3) is 0 Å². The fraction of sp³-hybridized carbons (Fsp3) is 0.562. The van der Waals surface area contributed by atoms with Gasteiger partial charge in [0.15, 0.2) is 0 Å². The smallest absolute Gasteiger partial charge is 0.0143 e. The second kappa shape index (κ2) is 11.9. The van der Waals surface area contributed by atoms with E-state index in [0.29, 0.717) is 0 Å². The average molecular weight is 431 g/mol. The van der Waals surface area contributed by atoms with Gasteiger partial charge < -0.3 is 0 Å². The van der Waals surface area contributed by atoms with Crippen LogP contribution in [0.15, 0.2) is 36.4 Å². The summed E-state index contributed by atoms with van der Waals surface area (Å²) in [4.78, 5) is 0. The quantitative estimate of drug-likeness (QED) is 0.251. The lowest BCUT2D eigenvalue weighted by atomic mass is 9.82. The number of fused-ring (bicyclic) bond motifs is 2. The minimum absolute atomic E-state index is 0.809. The molecule has 0 aliphatic rings. The number of unbranched alkanes of at least 4 members (excludes halogenated alkanes) is 2. The zero-order valence-electron chi connectivity index (χ0n) is 21.7. The molecule has 2 unspecified atom stereocenters. The molecule has 0 heterocycles. The molecule has 0 nitrogen and oxygen atoms in total. The first-order valence-electron chi connectivity index (χ1n) is 13.5. The second-order valence-corrected chi connectivity index (χ2v) is 10.2. The third-order valence-corrected chi connectivity index (χ3v) is 7.99. The maximum atomic E-state index is 2.60. The van der Waals surface area contributed by atoms with Crippen LogP contribution in [0.4, 0.5) is 0 Å². The van der Waals surface area contributed by atoms with Gasteiger partial charge in [-0.05, 0) is 82.3 Å². The predicted octanol–water partition coefficient (Wildman–Crippen LogP) is 10.1. The molecule has 3 aromatic rings. The number of rotatable bonds is 12. The molecule has 0 radical (unpaired) electrons. The van der Waals surface area contributed by atoms with Gasteiger partial charge in [-0.1, -0.05) is 115 Å². The van der Waals surface area contributed by atoms with Crippen molar-refractivity contribution in [3.05, 3.63) is 58.7 Å². The van der Waals surface area contributed by atoms with E-state index in [-0.39, 0.29) is 0 Å². The Morgan fingerprint density at radius 2 is 1.00 bits per heavy atom. The van der Waals surface area contributed by atoms with E-state index in [1.807, 2.05) is 0 Å². The van der Waals surface area contributed by atoms with E-state index >= 15 is 0 Å². The summed E-state index contributed by atoms with van der Waals surface area (Å²) in [5.74, 6) is 1.62. The first-order valence-corrected chi connectivity index (χ1v) is 13.5. The third-order valence-electron chi connectivity index (χ3n) is 7.99. The first kappa shape index (κ1) is 24.8. The van der Waals surface area contributed by atoms with Gasteiger partial charge in [0.05, 0.1) is 0 Å². The second-order valence-electron chi connectivity index (χ2n) is 10.2. The number of hydrogen-bond acceptors (Lipinski definition) is 0. The fourth-order valence-corrected chi connectivity index (χ4v) is 5.63. The Balaban J connectivity index is 2.13. The maximum Gasteiger partial charge on any atom is -0.0143 e. The first-order chi connectivity index (χ1) is 15.5. The summed E-state index contributed by atoms with van der Waals surface area (Å²) in [6, 6.07) is 14.2. The molecule has 0 aliphatic carbocycles. The normalized spacial score (nSPS) is 13.7. The number of hydrogen-bond donors (Lipinski definition) is 0. The van der Waals surface area contributed by atoms with Crippen LogP contribution in [0.2, 0.25) is 0 Å². The molecule has 0 N–H and O–H groups in total. The third kappa shape index (κ3) is 5.56. The largest absolute Gasteiger partial charge is 0.0654 e. The van der Waals surface area contributed by atoms with Gasteiger partial charge in [0, 0.05) is 0 Å². The summed E-state index contributed by atoms with van der Waals surface area (Å²) in [6.45, 7) is 14.1. The van der Waals surface area contributed by atoms with Crippen LogP contribution in [-0.4, -0.2) is 0 Å². The SMILES string of the molecule is CCCCC(CC)Cc1cc2c(C)c3ccccc3c(C)c2cc1CC(CC)CCCC. The Bertz CT molecular complexity index is 928. The Hall–Kier alpha value is -1.82. The molecule has 3 aromatic carbocycles. The van der Waals surface area contributed by atoms with Crippen molar-refractivity contribution < 1.29 is 0 Å². The van der Waals surface area contributed by atoms with Crippen LogP contribution < -0.4 is 0 Å². The molecule has 0 fully saturated rings. The van der Waals surface area contributed by atoms with Gasteiger partial charge in [-0.15, -0.1) is 0 Å². The van der Waals surface area contributed by atoms with Crippen LogP contribution in [0.5, 0.6) is 0 Å². The zero-order valence-corrected chi connectivity index (χ0v) is 21.7. The van der Waals surface area contributed by atoms with Crippen molar-refractivity contribution >= 4 is 21.5 Å². The van der Waals surface area contributed by atoms with Crippen molar-refractivity contribution in [1.29, 1.82) is 0 Å². The summed E-state index contributed by atoms with van der Waals surface area (Å²) in [5.41, 5.74) is 6.17. The van der Waals surface area contributed by atoms with E-state index in [4.69, 9.17) is 0 Å². The Labute approximate surface area is 197 Å². The number of benzene rings is 3.